The number of aromatic amines is 1. The highest BCUT2D eigenvalue weighted by atomic mass is 16.5. The SMILES string of the molecule is Cc1cc(C(=O)N2CCN(c3ccc(OCCCN4CCCCC4)cc3)CC2)cc(=O)[nH]1. The molecule has 0 bridgehead atoms. The van der Waals surface area contributed by atoms with Crippen LogP contribution in [0.4, 0.5) is 5.69 Å². The van der Waals surface area contributed by atoms with Crippen LogP contribution < -0.4 is 15.2 Å². The van der Waals surface area contributed by atoms with Crippen molar-refractivity contribution in [2.45, 2.75) is 32.6 Å². The van der Waals surface area contributed by atoms with Crippen LogP contribution >= 0.6 is 0 Å². The molecule has 0 atom stereocenters. The lowest BCUT2D eigenvalue weighted by molar-refractivity contribution is 0.0746. The predicted octanol–water partition coefficient (Wildman–Crippen LogP) is 2.90. The molecule has 0 spiro atoms. The Morgan fingerprint density at radius 2 is 1.69 bits per heavy atom. The van der Waals surface area contributed by atoms with Crippen LogP contribution in [0.1, 0.15) is 41.7 Å². The number of piperidine rings is 1. The summed E-state index contributed by atoms with van der Waals surface area (Å²) in [7, 11) is 0. The van der Waals surface area contributed by atoms with Crippen molar-refractivity contribution in [2.24, 2.45) is 0 Å². The van der Waals surface area contributed by atoms with E-state index in [-0.39, 0.29) is 11.5 Å². The van der Waals surface area contributed by atoms with Gasteiger partial charge >= 0.3 is 0 Å². The monoisotopic (exact) mass is 438 g/mol. The summed E-state index contributed by atoms with van der Waals surface area (Å²) in [6.45, 7) is 8.94. The molecule has 3 heterocycles. The van der Waals surface area contributed by atoms with E-state index >= 15 is 0 Å². The average Bonchev–Trinajstić information content (AvgIpc) is 2.82. The third kappa shape index (κ3) is 5.91. The van der Waals surface area contributed by atoms with Crippen LogP contribution in [0.3, 0.4) is 0 Å². The molecule has 1 amide bonds. The van der Waals surface area contributed by atoms with Gasteiger partial charge in [-0.25, -0.2) is 0 Å². The van der Waals surface area contributed by atoms with Gasteiger partial charge in [-0.05, 0) is 69.6 Å². The standard InChI is InChI=1S/C25H34N4O3/c1-20-18-21(19-24(30)26-20)25(31)29-15-13-28(14-16-29)22-6-8-23(9-7-22)32-17-5-12-27-10-3-2-4-11-27/h6-9,18-19H,2-5,10-17H2,1H3,(H,26,30). The van der Waals surface area contributed by atoms with Crippen molar-refractivity contribution >= 4 is 11.6 Å². The van der Waals surface area contributed by atoms with Crippen LogP contribution in [0.25, 0.3) is 0 Å². The Hall–Kier alpha value is -2.80. The molecule has 2 aliphatic rings. The van der Waals surface area contributed by atoms with Crippen LogP contribution in [0.5, 0.6) is 5.75 Å². The van der Waals surface area contributed by atoms with Crippen molar-refractivity contribution < 1.29 is 9.53 Å². The molecule has 2 aromatic rings. The summed E-state index contributed by atoms with van der Waals surface area (Å²) >= 11 is 0. The molecule has 0 unspecified atom stereocenters. The van der Waals surface area contributed by atoms with Crippen molar-refractivity contribution in [3.05, 3.63) is 58.0 Å². The molecule has 7 nitrogen and oxygen atoms in total. The van der Waals surface area contributed by atoms with E-state index in [0.29, 0.717) is 24.3 Å². The number of piperazine rings is 1. The normalized spacial score (nSPS) is 17.4. The number of nitrogens with zero attached hydrogens (tertiary/aromatic N) is 3. The fourth-order valence-electron chi connectivity index (χ4n) is 4.57. The predicted molar refractivity (Wildman–Crippen MR) is 127 cm³/mol. The lowest BCUT2D eigenvalue weighted by Crippen LogP contribution is -2.49. The molecule has 172 valence electrons. The minimum absolute atomic E-state index is 0.0767. The Morgan fingerprint density at radius 3 is 2.38 bits per heavy atom. The van der Waals surface area contributed by atoms with Gasteiger partial charge in [-0.1, -0.05) is 6.42 Å². The quantitative estimate of drug-likeness (QED) is 0.674. The van der Waals surface area contributed by atoms with Gasteiger partial charge in [0.15, 0.2) is 0 Å². The second-order valence-electron chi connectivity index (χ2n) is 8.79. The van der Waals surface area contributed by atoms with E-state index in [2.05, 4.69) is 26.9 Å². The number of nitrogens with one attached hydrogen (secondary N) is 1. The molecule has 0 saturated carbocycles. The molecule has 32 heavy (non-hydrogen) atoms. The first-order valence-electron chi connectivity index (χ1n) is 11.8. The number of benzene rings is 1. The van der Waals surface area contributed by atoms with Crippen molar-refractivity contribution in [1.82, 2.24) is 14.8 Å². The van der Waals surface area contributed by atoms with E-state index in [1.54, 1.807) is 13.0 Å². The Labute approximate surface area is 190 Å². The number of anilines is 1. The first-order valence-corrected chi connectivity index (χ1v) is 11.8. The van der Waals surface area contributed by atoms with Gasteiger partial charge in [0.25, 0.3) is 5.91 Å². The van der Waals surface area contributed by atoms with Gasteiger partial charge in [-0.2, -0.15) is 0 Å². The van der Waals surface area contributed by atoms with E-state index in [1.807, 2.05) is 17.0 Å². The third-order valence-electron chi connectivity index (χ3n) is 6.33. The van der Waals surface area contributed by atoms with Crippen LogP contribution in [-0.4, -0.2) is 73.1 Å². The van der Waals surface area contributed by atoms with Gasteiger partial charge in [-0.15, -0.1) is 0 Å². The van der Waals surface area contributed by atoms with Crippen molar-refractivity contribution in [2.75, 3.05) is 57.3 Å². The third-order valence-corrected chi connectivity index (χ3v) is 6.33. The maximum Gasteiger partial charge on any atom is 0.254 e. The number of likely N-dealkylation sites (tertiary alicyclic amines) is 1. The molecule has 4 rings (SSSR count). The highest BCUT2D eigenvalue weighted by molar-refractivity contribution is 5.94. The fraction of sp³-hybridized carbons (Fsp3) is 0.520. The summed E-state index contributed by atoms with van der Waals surface area (Å²) in [5, 5.41) is 0. The Kier molecular flexibility index (Phi) is 7.47. The number of ether oxygens (including phenoxy) is 1. The fourth-order valence-corrected chi connectivity index (χ4v) is 4.57. The highest BCUT2D eigenvalue weighted by Crippen LogP contribution is 2.21. The largest absolute Gasteiger partial charge is 0.494 e. The van der Waals surface area contributed by atoms with E-state index in [0.717, 1.165) is 44.1 Å². The van der Waals surface area contributed by atoms with Gasteiger partial charge < -0.3 is 24.4 Å². The minimum atomic E-state index is -0.235. The smallest absolute Gasteiger partial charge is 0.254 e. The number of pyridine rings is 1. The topological polar surface area (TPSA) is 68.9 Å². The van der Waals surface area contributed by atoms with Gasteiger partial charge in [0.2, 0.25) is 5.56 Å². The summed E-state index contributed by atoms with van der Waals surface area (Å²) in [5.74, 6) is 0.832. The van der Waals surface area contributed by atoms with Gasteiger partial charge in [0.05, 0.1) is 6.61 Å². The average molecular weight is 439 g/mol. The molecule has 1 aromatic heterocycles. The summed E-state index contributed by atoms with van der Waals surface area (Å²) in [5.41, 5.74) is 2.07. The van der Waals surface area contributed by atoms with E-state index in [9.17, 15) is 9.59 Å². The maximum absolute atomic E-state index is 12.8. The summed E-state index contributed by atoms with van der Waals surface area (Å²) in [4.78, 5) is 33.8. The van der Waals surface area contributed by atoms with Crippen molar-refractivity contribution in [1.29, 1.82) is 0 Å². The molecule has 1 aromatic carbocycles. The number of aromatic nitrogens is 1. The minimum Gasteiger partial charge on any atom is -0.494 e. The van der Waals surface area contributed by atoms with Crippen molar-refractivity contribution in [3.8, 4) is 5.75 Å². The molecule has 0 radical (unpaired) electrons. The zero-order chi connectivity index (χ0) is 22.3. The number of hydrogen-bond donors (Lipinski definition) is 1. The number of amides is 1. The second-order valence-corrected chi connectivity index (χ2v) is 8.79. The molecule has 2 saturated heterocycles. The van der Waals surface area contributed by atoms with Crippen LogP contribution in [-0.2, 0) is 0 Å². The molecule has 2 fully saturated rings. The molecule has 7 heteroatoms. The second kappa shape index (κ2) is 10.7. The highest BCUT2D eigenvalue weighted by Gasteiger charge is 2.23. The number of hydrogen-bond acceptors (Lipinski definition) is 5. The summed E-state index contributed by atoms with van der Waals surface area (Å²) in [6.07, 6.45) is 5.09. The Bertz CT molecular complexity index is 942. The summed E-state index contributed by atoms with van der Waals surface area (Å²) < 4.78 is 5.93. The van der Waals surface area contributed by atoms with E-state index in [4.69, 9.17) is 4.74 Å². The Balaban J connectivity index is 1.22. The van der Waals surface area contributed by atoms with Crippen LogP contribution in [0.2, 0.25) is 0 Å². The van der Waals surface area contributed by atoms with Crippen LogP contribution in [0, 0.1) is 6.92 Å². The molecular formula is C25H34N4O3. The van der Waals surface area contributed by atoms with Gasteiger partial charge in [0.1, 0.15) is 5.75 Å². The van der Waals surface area contributed by atoms with Crippen LogP contribution in [0.15, 0.2) is 41.2 Å². The number of carbonyl (C=O) groups is 1. The summed E-state index contributed by atoms with van der Waals surface area (Å²) in [6, 6.07) is 11.4. The number of carbonyl (C=O) groups excluding carboxylic acids is 1. The van der Waals surface area contributed by atoms with Gasteiger partial charge in [0, 0.05) is 55.7 Å². The Morgan fingerprint density at radius 1 is 0.969 bits per heavy atom. The lowest BCUT2D eigenvalue weighted by Gasteiger charge is -2.36. The number of rotatable bonds is 7. The molecule has 0 aliphatic carbocycles. The first-order chi connectivity index (χ1) is 15.6. The zero-order valence-electron chi connectivity index (χ0n) is 19.0. The van der Waals surface area contributed by atoms with Crippen molar-refractivity contribution in [3.63, 3.8) is 0 Å². The maximum atomic E-state index is 12.8. The zero-order valence-corrected chi connectivity index (χ0v) is 19.0. The lowest BCUT2D eigenvalue weighted by atomic mass is 10.1. The first kappa shape index (κ1) is 22.4. The van der Waals surface area contributed by atoms with Gasteiger partial charge in [-0.3, -0.25) is 9.59 Å². The van der Waals surface area contributed by atoms with E-state index in [1.165, 1.54) is 38.4 Å². The molecule has 1 N–H and O–H groups in total. The number of H-pyrrole nitrogens is 1. The molecule has 2 aliphatic heterocycles. The molecular weight excluding hydrogens is 404 g/mol. The van der Waals surface area contributed by atoms with E-state index < -0.39 is 0 Å². The number of aryl methyl sites for hydroxylation is 1.